The third-order valence-corrected chi connectivity index (χ3v) is 7.29. The molecule has 0 aromatic rings. The van der Waals surface area contributed by atoms with Crippen LogP contribution in [-0.4, -0.2) is 0 Å². The first-order valence-corrected chi connectivity index (χ1v) is 12.3. The van der Waals surface area contributed by atoms with Gasteiger partial charge >= 0.3 is 0 Å². The zero-order valence-corrected chi connectivity index (χ0v) is 21.3. The monoisotopic (exact) mass is 410 g/mol. The van der Waals surface area contributed by atoms with Crippen molar-refractivity contribution in [2.75, 3.05) is 0 Å². The molecule has 0 aromatic heterocycles. The van der Waals surface area contributed by atoms with Crippen LogP contribution >= 0.6 is 0 Å². The maximum Gasteiger partial charge on any atom is -0.0111 e. The smallest absolute Gasteiger partial charge is 0.0111 e. The molecule has 0 saturated carbocycles. The first-order chi connectivity index (χ1) is 14.1. The average molecular weight is 411 g/mol. The van der Waals surface area contributed by atoms with Gasteiger partial charge in [0.25, 0.3) is 0 Å². The van der Waals surface area contributed by atoms with E-state index in [1.807, 2.05) is 0 Å². The standard InChI is InChI=1S/C30H50/c1-10-25(6)16-12-20-30(9,21-13-17-26(7)15-11-14-23(2)3)29-22-27(8)18-19-28(29)24(4)5/h10,14,17,22,25,28-29H,1,4,11-13,15-16,18-21H2,2-3,5-9H3/b26-17+/t25-,28-,29+,30+/m1/s1. The van der Waals surface area contributed by atoms with Crippen LogP contribution in [0, 0.1) is 23.2 Å². The fraction of sp³-hybridized carbons (Fsp3) is 0.667. The van der Waals surface area contributed by atoms with Crippen molar-refractivity contribution in [2.24, 2.45) is 23.2 Å². The fourth-order valence-electron chi connectivity index (χ4n) is 5.05. The second kappa shape index (κ2) is 13.2. The predicted octanol–water partition coefficient (Wildman–Crippen LogP) is 10.0. The fourth-order valence-corrected chi connectivity index (χ4v) is 5.05. The molecule has 0 N–H and O–H groups in total. The van der Waals surface area contributed by atoms with Crippen LogP contribution in [-0.2, 0) is 0 Å². The van der Waals surface area contributed by atoms with E-state index in [0.717, 1.165) is 0 Å². The quantitative estimate of drug-likeness (QED) is 0.265. The van der Waals surface area contributed by atoms with Gasteiger partial charge in [0.2, 0.25) is 0 Å². The molecule has 0 fully saturated rings. The van der Waals surface area contributed by atoms with Gasteiger partial charge in [-0.1, -0.05) is 73.4 Å². The Bertz CT molecular complexity index is 637. The summed E-state index contributed by atoms with van der Waals surface area (Å²) >= 11 is 0. The Morgan fingerprint density at radius 3 is 2.47 bits per heavy atom. The van der Waals surface area contributed by atoms with Crippen LogP contribution in [0.25, 0.3) is 0 Å². The molecular formula is C30H50. The second-order valence-corrected chi connectivity index (χ2v) is 10.7. The van der Waals surface area contributed by atoms with E-state index in [2.05, 4.69) is 85.9 Å². The van der Waals surface area contributed by atoms with E-state index < -0.39 is 0 Å². The number of allylic oxidation sites excluding steroid dienone is 8. The topological polar surface area (TPSA) is 0 Å². The Kier molecular flexibility index (Phi) is 11.7. The lowest BCUT2D eigenvalue weighted by molar-refractivity contribution is 0.133. The third kappa shape index (κ3) is 9.23. The Balaban J connectivity index is 2.94. The van der Waals surface area contributed by atoms with E-state index in [9.17, 15) is 0 Å². The summed E-state index contributed by atoms with van der Waals surface area (Å²) in [5.41, 5.74) is 6.26. The average Bonchev–Trinajstić information content (AvgIpc) is 2.67. The SMILES string of the molecule is C=C[C@@H](C)CCC[C@@](C)(CC/C=C(\C)CCC=C(C)C)[C@H]1C=C(C)CC[C@@H]1C(=C)C. The van der Waals surface area contributed by atoms with E-state index in [1.165, 1.54) is 68.9 Å². The molecule has 1 rings (SSSR count). The molecule has 0 aliphatic heterocycles. The molecular weight excluding hydrogens is 360 g/mol. The maximum absolute atomic E-state index is 4.39. The first kappa shape index (κ1) is 26.7. The van der Waals surface area contributed by atoms with Gasteiger partial charge in [0.15, 0.2) is 0 Å². The van der Waals surface area contributed by atoms with Crippen molar-refractivity contribution in [2.45, 2.75) is 106 Å². The normalized spacial score (nSPS) is 22.6. The highest BCUT2D eigenvalue weighted by Crippen LogP contribution is 2.49. The summed E-state index contributed by atoms with van der Waals surface area (Å²) in [5.74, 6) is 1.88. The van der Waals surface area contributed by atoms with Gasteiger partial charge < -0.3 is 0 Å². The summed E-state index contributed by atoms with van der Waals surface area (Å²) in [6, 6.07) is 0. The van der Waals surface area contributed by atoms with Crippen molar-refractivity contribution in [3.63, 3.8) is 0 Å². The van der Waals surface area contributed by atoms with Crippen LogP contribution in [0.15, 0.2) is 59.8 Å². The van der Waals surface area contributed by atoms with Crippen molar-refractivity contribution in [3.8, 4) is 0 Å². The minimum Gasteiger partial charge on any atom is -0.103 e. The predicted molar refractivity (Wildman–Crippen MR) is 138 cm³/mol. The molecule has 170 valence electrons. The maximum atomic E-state index is 4.39. The van der Waals surface area contributed by atoms with Gasteiger partial charge in [-0.25, -0.2) is 0 Å². The Morgan fingerprint density at radius 1 is 1.17 bits per heavy atom. The van der Waals surface area contributed by atoms with Gasteiger partial charge in [-0.15, -0.1) is 6.58 Å². The molecule has 0 spiro atoms. The van der Waals surface area contributed by atoms with Crippen molar-refractivity contribution in [1.29, 1.82) is 0 Å². The summed E-state index contributed by atoms with van der Waals surface area (Å²) in [7, 11) is 0. The molecule has 0 saturated heterocycles. The lowest BCUT2D eigenvalue weighted by Crippen LogP contribution is -2.34. The van der Waals surface area contributed by atoms with E-state index in [1.54, 1.807) is 11.1 Å². The molecule has 0 bridgehead atoms. The minimum atomic E-state index is 0.336. The van der Waals surface area contributed by atoms with Crippen molar-refractivity contribution >= 4 is 0 Å². The highest BCUT2D eigenvalue weighted by Gasteiger charge is 2.38. The molecule has 0 aromatic carbocycles. The van der Waals surface area contributed by atoms with Crippen molar-refractivity contribution in [1.82, 2.24) is 0 Å². The molecule has 30 heavy (non-hydrogen) atoms. The molecule has 0 nitrogen and oxygen atoms in total. The second-order valence-electron chi connectivity index (χ2n) is 10.7. The van der Waals surface area contributed by atoms with E-state index in [0.29, 0.717) is 23.2 Å². The van der Waals surface area contributed by atoms with Crippen LogP contribution < -0.4 is 0 Å². The summed E-state index contributed by atoms with van der Waals surface area (Å²) in [6.07, 6.45) is 20.8. The molecule has 0 heterocycles. The largest absolute Gasteiger partial charge is 0.103 e. The molecule has 0 heteroatoms. The molecule has 0 unspecified atom stereocenters. The molecule has 1 aliphatic rings. The van der Waals surface area contributed by atoms with Crippen LogP contribution in [0.2, 0.25) is 0 Å². The highest BCUT2D eigenvalue weighted by molar-refractivity contribution is 5.17. The number of hydrogen-bond donors (Lipinski definition) is 0. The van der Waals surface area contributed by atoms with Crippen LogP contribution in [0.1, 0.15) is 106 Å². The molecule has 4 atom stereocenters. The Hall–Kier alpha value is -1.30. The van der Waals surface area contributed by atoms with Crippen LogP contribution in [0.3, 0.4) is 0 Å². The van der Waals surface area contributed by atoms with Gasteiger partial charge in [-0.3, -0.25) is 0 Å². The van der Waals surface area contributed by atoms with Crippen LogP contribution in [0.5, 0.6) is 0 Å². The zero-order chi connectivity index (χ0) is 22.7. The van der Waals surface area contributed by atoms with E-state index >= 15 is 0 Å². The van der Waals surface area contributed by atoms with Gasteiger partial charge in [0.05, 0.1) is 0 Å². The third-order valence-electron chi connectivity index (χ3n) is 7.29. The summed E-state index contributed by atoms with van der Waals surface area (Å²) < 4.78 is 0. The van der Waals surface area contributed by atoms with Gasteiger partial charge in [0.1, 0.15) is 0 Å². The van der Waals surface area contributed by atoms with E-state index in [4.69, 9.17) is 0 Å². The lowest BCUT2D eigenvalue weighted by atomic mass is 9.61. The molecule has 0 amide bonds. The van der Waals surface area contributed by atoms with Crippen LogP contribution in [0.4, 0.5) is 0 Å². The van der Waals surface area contributed by atoms with Gasteiger partial charge in [-0.05, 0) is 109 Å². The highest BCUT2D eigenvalue weighted by atomic mass is 14.4. The van der Waals surface area contributed by atoms with Gasteiger partial charge in [-0.2, -0.15) is 0 Å². The summed E-state index contributed by atoms with van der Waals surface area (Å²) in [5, 5.41) is 0. The summed E-state index contributed by atoms with van der Waals surface area (Å²) in [6.45, 7) is 24.5. The lowest BCUT2D eigenvalue weighted by Gasteiger charge is -2.44. The zero-order valence-electron chi connectivity index (χ0n) is 21.3. The minimum absolute atomic E-state index is 0.336. The van der Waals surface area contributed by atoms with Crippen molar-refractivity contribution < 1.29 is 0 Å². The Labute approximate surface area is 189 Å². The van der Waals surface area contributed by atoms with Crippen molar-refractivity contribution in [3.05, 3.63) is 59.8 Å². The molecule has 0 radical (unpaired) electrons. The molecule has 1 aliphatic carbocycles. The first-order valence-electron chi connectivity index (χ1n) is 12.3. The summed E-state index contributed by atoms with van der Waals surface area (Å²) in [4.78, 5) is 0. The number of rotatable bonds is 13. The Morgan fingerprint density at radius 2 is 1.87 bits per heavy atom. The van der Waals surface area contributed by atoms with E-state index in [-0.39, 0.29) is 0 Å². The number of hydrogen-bond acceptors (Lipinski definition) is 0. The van der Waals surface area contributed by atoms with Gasteiger partial charge in [0, 0.05) is 0 Å².